The van der Waals surface area contributed by atoms with Crippen molar-refractivity contribution in [3.05, 3.63) is 36.4 Å². The first kappa shape index (κ1) is 11.8. The van der Waals surface area contributed by atoms with Crippen LogP contribution in [0.5, 0.6) is 0 Å². The number of ether oxygens (including phenoxy) is 1. The molecule has 0 aliphatic rings. The normalized spacial score (nSPS) is 10.2. The highest BCUT2D eigenvalue weighted by Crippen LogP contribution is 1.90. The summed E-state index contributed by atoms with van der Waals surface area (Å²) in [4.78, 5) is 7.95. The first-order chi connectivity index (χ1) is 7.29. The fraction of sp³-hybridized carbons (Fsp3) is 0.455. The average molecular weight is 207 g/mol. The van der Waals surface area contributed by atoms with Crippen LogP contribution < -0.4 is 5.32 Å². The Hall–Kier alpha value is -1.26. The van der Waals surface area contributed by atoms with Crippen LogP contribution in [0.15, 0.2) is 30.7 Å². The highest BCUT2D eigenvalue weighted by molar-refractivity contribution is 4.96. The van der Waals surface area contributed by atoms with Gasteiger partial charge in [0.05, 0.1) is 18.9 Å². The Labute approximate surface area is 90.4 Å². The lowest BCUT2D eigenvalue weighted by atomic mass is 10.4. The Balaban J connectivity index is 2.00. The van der Waals surface area contributed by atoms with Gasteiger partial charge in [0.25, 0.3) is 0 Å². The minimum Gasteiger partial charge on any atom is -0.376 e. The lowest BCUT2D eigenvalue weighted by Crippen LogP contribution is -2.20. The zero-order valence-electron chi connectivity index (χ0n) is 9.07. The van der Waals surface area contributed by atoms with Crippen LogP contribution in [-0.2, 0) is 11.3 Å². The molecule has 1 aromatic heterocycles. The van der Waals surface area contributed by atoms with Crippen molar-refractivity contribution in [1.82, 2.24) is 15.3 Å². The number of hydrogen-bond donors (Lipinski definition) is 1. The second-order valence-corrected chi connectivity index (χ2v) is 3.39. The van der Waals surface area contributed by atoms with E-state index in [-0.39, 0.29) is 0 Å². The van der Waals surface area contributed by atoms with E-state index in [9.17, 15) is 0 Å². The van der Waals surface area contributed by atoms with Gasteiger partial charge in [-0.1, -0.05) is 12.2 Å². The molecule has 15 heavy (non-hydrogen) atoms. The molecule has 4 nitrogen and oxygen atoms in total. The Morgan fingerprint density at radius 2 is 2.47 bits per heavy atom. The van der Waals surface area contributed by atoms with Gasteiger partial charge in [-0.05, 0) is 13.0 Å². The fourth-order valence-corrected chi connectivity index (χ4v) is 1.03. The molecule has 1 aromatic rings. The van der Waals surface area contributed by atoms with Gasteiger partial charge < -0.3 is 10.1 Å². The van der Waals surface area contributed by atoms with E-state index in [0.717, 1.165) is 24.4 Å². The van der Waals surface area contributed by atoms with Gasteiger partial charge in [-0.25, -0.2) is 9.97 Å². The Kier molecular flexibility index (Phi) is 5.58. The van der Waals surface area contributed by atoms with E-state index in [1.54, 1.807) is 12.5 Å². The third kappa shape index (κ3) is 5.93. The van der Waals surface area contributed by atoms with E-state index >= 15 is 0 Å². The average Bonchev–Trinajstić information content (AvgIpc) is 2.24. The van der Waals surface area contributed by atoms with Crippen LogP contribution in [0.2, 0.25) is 0 Å². The van der Waals surface area contributed by atoms with Crippen LogP contribution in [0.1, 0.15) is 12.6 Å². The van der Waals surface area contributed by atoms with Crippen molar-refractivity contribution >= 4 is 0 Å². The predicted octanol–water partition coefficient (Wildman–Crippen LogP) is 1.16. The molecule has 1 N–H and O–H groups in total. The summed E-state index contributed by atoms with van der Waals surface area (Å²) in [5, 5.41) is 3.23. The molecule has 0 unspecified atom stereocenters. The lowest BCUT2D eigenvalue weighted by molar-refractivity contribution is 0.157. The summed E-state index contributed by atoms with van der Waals surface area (Å²) in [5.41, 5.74) is 2.04. The van der Waals surface area contributed by atoms with E-state index in [0.29, 0.717) is 13.2 Å². The standard InChI is InChI=1S/C11H17N3O/c1-10(2)8-15-6-5-12-7-11-3-4-13-9-14-11/h3-4,9,12H,1,5-8H2,2H3. The summed E-state index contributed by atoms with van der Waals surface area (Å²) < 4.78 is 5.34. The lowest BCUT2D eigenvalue weighted by Gasteiger charge is -2.05. The van der Waals surface area contributed by atoms with Gasteiger partial charge in [0, 0.05) is 19.3 Å². The first-order valence-electron chi connectivity index (χ1n) is 4.97. The van der Waals surface area contributed by atoms with Gasteiger partial charge in [0.1, 0.15) is 6.33 Å². The predicted molar refractivity (Wildman–Crippen MR) is 59.4 cm³/mol. The summed E-state index contributed by atoms with van der Waals surface area (Å²) in [5.74, 6) is 0. The van der Waals surface area contributed by atoms with Crippen molar-refractivity contribution in [3.8, 4) is 0 Å². The molecule has 0 aliphatic heterocycles. The molecule has 0 atom stereocenters. The number of rotatable bonds is 7. The van der Waals surface area contributed by atoms with Crippen molar-refractivity contribution in [3.63, 3.8) is 0 Å². The highest BCUT2D eigenvalue weighted by Gasteiger charge is 1.92. The van der Waals surface area contributed by atoms with Crippen LogP contribution in [-0.4, -0.2) is 29.7 Å². The van der Waals surface area contributed by atoms with Gasteiger partial charge in [-0.3, -0.25) is 0 Å². The highest BCUT2D eigenvalue weighted by atomic mass is 16.5. The summed E-state index contributed by atoms with van der Waals surface area (Å²) in [7, 11) is 0. The van der Waals surface area contributed by atoms with Crippen LogP contribution in [0.4, 0.5) is 0 Å². The topological polar surface area (TPSA) is 47.0 Å². The molecule has 0 spiro atoms. The Morgan fingerprint density at radius 1 is 1.60 bits per heavy atom. The molecule has 0 bridgehead atoms. The molecule has 0 aliphatic carbocycles. The maximum Gasteiger partial charge on any atom is 0.115 e. The summed E-state index contributed by atoms with van der Waals surface area (Å²) in [6.45, 7) is 8.60. The van der Waals surface area contributed by atoms with Gasteiger partial charge in [-0.15, -0.1) is 0 Å². The number of aromatic nitrogens is 2. The van der Waals surface area contributed by atoms with Crippen molar-refractivity contribution in [1.29, 1.82) is 0 Å². The molecular weight excluding hydrogens is 190 g/mol. The molecular formula is C11H17N3O. The fourth-order valence-electron chi connectivity index (χ4n) is 1.03. The minimum absolute atomic E-state index is 0.634. The van der Waals surface area contributed by atoms with Crippen LogP contribution in [0.25, 0.3) is 0 Å². The molecule has 82 valence electrons. The Bertz CT molecular complexity index is 287. The quantitative estimate of drug-likeness (QED) is 0.538. The van der Waals surface area contributed by atoms with E-state index in [2.05, 4.69) is 21.9 Å². The monoisotopic (exact) mass is 207 g/mol. The van der Waals surface area contributed by atoms with Gasteiger partial charge in [-0.2, -0.15) is 0 Å². The molecule has 0 aromatic carbocycles. The van der Waals surface area contributed by atoms with Crippen molar-refractivity contribution in [2.45, 2.75) is 13.5 Å². The molecule has 0 amide bonds. The number of nitrogens with one attached hydrogen (secondary N) is 1. The Morgan fingerprint density at radius 3 is 3.13 bits per heavy atom. The van der Waals surface area contributed by atoms with Crippen LogP contribution >= 0.6 is 0 Å². The van der Waals surface area contributed by atoms with Crippen molar-refractivity contribution < 1.29 is 4.74 Å². The van der Waals surface area contributed by atoms with E-state index in [1.165, 1.54) is 0 Å². The molecule has 1 rings (SSSR count). The molecule has 0 fully saturated rings. The van der Waals surface area contributed by atoms with Gasteiger partial charge in [0.2, 0.25) is 0 Å². The summed E-state index contributed by atoms with van der Waals surface area (Å²) in [6, 6.07) is 1.89. The van der Waals surface area contributed by atoms with Crippen LogP contribution in [0, 0.1) is 0 Å². The molecule has 0 radical (unpaired) electrons. The third-order valence-electron chi connectivity index (χ3n) is 1.72. The summed E-state index contributed by atoms with van der Waals surface area (Å²) >= 11 is 0. The zero-order chi connectivity index (χ0) is 10.9. The second-order valence-electron chi connectivity index (χ2n) is 3.39. The van der Waals surface area contributed by atoms with Crippen LogP contribution in [0.3, 0.4) is 0 Å². The van der Waals surface area contributed by atoms with Gasteiger partial charge >= 0.3 is 0 Å². The molecule has 0 saturated carbocycles. The maximum atomic E-state index is 5.34. The van der Waals surface area contributed by atoms with E-state index in [1.807, 2.05) is 13.0 Å². The SMILES string of the molecule is C=C(C)COCCNCc1ccncn1. The maximum absolute atomic E-state index is 5.34. The second kappa shape index (κ2) is 7.09. The molecule has 4 heteroatoms. The molecule has 1 heterocycles. The largest absolute Gasteiger partial charge is 0.376 e. The molecule has 0 saturated heterocycles. The summed E-state index contributed by atoms with van der Waals surface area (Å²) in [6.07, 6.45) is 3.29. The number of nitrogens with zero attached hydrogens (tertiary/aromatic N) is 2. The van der Waals surface area contributed by atoms with E-state index in [4.69, 9.17) is 4.74 Å². The first-order valence-corrected chi connectivity index (χ1v) is 4.97. The van der Waals surface area contributed by atoms with Crippen molar-refractivity contribution in [2.75, 3.05) is 19.8 Å². The minimum atomic E-state index is 0.634. The third-order valence-corrected chi connectivity index (χ3v) is 1.72. The van der Waals surface area contributed by atoms with Crippen molar-refractivity contribution in [2.24, 2.45) is 0 Å². The van der Waals surface area contributed by atoms with Gasteiger partial charge in [0.15, 0.2) is 0 Å². The van der Waals surface area contributed by atoms with E-state index < -0.39 is 0 Å². The zero-order valence-corrected chi connectivity index (χ0v) is 9.07. The smallest absolute Gasteiger partial charge is 0.115 e. The number of hydrogen-bond acceptors (Lipinski definition) is 4.